The van der Waals surface area contributed by atoms with E-state index in [-0.39, 0.29) is 23.5 Å². The van der Waals surface area contributed by atoms with Crippen LogP contribution in [-0.2, 0) is 9.84 Å². The molecule has 2 unspecified atom stereocenters. The van der Waals surface area contributed by atoms with Crippen molar-refractivity contribution in [3.63, 3.8) is 0 Å². The average molecular weight is 300 g/mol. The summed E-state index contributed by atoms with van der Waals surface area (Å²) in [4.78, 5) is 0. The first-order valence-electron chi connectivity index (χ1n) is 6.39. The molecule has 6 nitrogen and oxygen atoms in total. The van der Waals surface area contributed by atoms with Crippen LogP contribution in [0.3, 0.4) is 0 Å². The minimum absolute atomic E-state index is 0.0639. The van der Waals surface area contributed by atoms with Gasteiger partial charge in [0.15, 0.2) is 9.84 Å². The van der Waals surface area contributed by atoms with E-state index in [0.717, 1.165) is 5.56 Å². The van der Waals surface area contributed by atoms with Gasteiger partial charge in [0.05, 0.1) is 31.8 Å². The summed E-state index contributed by atoms with van der Waals surface area (Å²) in [5, 5.41) is 0. The molecule has 1 saturated heterocycles. The molecule has 1 aliphatic heterocycles. The minimum atomic E-state index is -2.96. The molecule has 7 heteroatoms. The van der Waals surface area contributed by atoms with Gasteiger partial charge in [-0.2, -0.15) is 0 Å². The summed E-state index contributed by atoms with van der Waals surface area (Å²) < 4.78 is 33.8. The number of sulfone groups is 1. The van der Waals surface area contributed by atoms with Crippen molar-refractivity contribution in [3.8, 4) is 11.5 Å². The molecule has 3 N–H and O–H groups in total. The van der Waals surface area contributed by atoms with Crippen molar-refractivity contribution in [2.75, 3.05) is 25.7 Å². The largest absolute Gasteiger partial charge is 0.497 e. The lowest BCUT2D eigenvalue weighted by atomic mass is 9.92. The fraction of sp³-hybridized carbons (Fsp3) is 0.538. The number of hydrogen-bond donors (Lipinski definition) is 2. The Morgan fingerprint density at radius 2 is 2.10 bits per heavy atom. The lowest BCUT2D eigenvalue weighted by molar-refractivity contribution is 0.359. The van der Waals surface area contributed by atoms with Crippen molar-refractivity contribution >= 4 is 9.84 Å². The summed E-state index contributed by atoms with van der Waals surface area (Å²) in [7, 11) is 0.192. The smallest absolute Gasteiger partial charge is 0.150 e. The number of benzene rings is 1. The van der Waals surface area contributed by atoms with Crippen LogP contribution in [0.4, 0.5) is 0 Å². The molecule has 2 atom stereocenters. The first kappa shape index (κ1) is 15.1. The van der Waals surface area contributed by atoms with E-state index < -0.39 is 9.84 Å². The maximum absolute atomic E-state index is 11.6. The van der Waals surface area contributed by atoms with Gasteiger partial charge in [-0.15, -0.1) is 0 Å². The highest BCUT2D eigenvalue weighted by Crippen LogP contribution is 2.37. The Kier molecular flexibility index (Phi) is 4.52. The Labute approximate surface area is 119 Å². The van der Waals surface area contributed by atoms with Crippen molar-refractivity contribution in [2.45, 2.75) is 12.5 Å². The van der Waals surface area contributed by atoms with E-state index in [1.54, 1.807) is 26.4 Å². The Morgan fingerprint density at radius 3 is 2.60 bits per heavy atom. The van der Waals surface area contributed by atoms with Gasteiger partial charge in [0.2, 0.25) is 0 Å². The lowest BCUT2D eigenvalue weighted by Crippen LogP contribution is -2.34. The fourth-order valence-corrected chi connectivity index (χ4v) is 4.49. The highest BCUT2D eigenvalue weighted by atomic mass is 32.2. The third kappa shape index (κ3) is 3.05. The van der Waals surface area contributed by atoms with Crippen LogP contribution >= 0.6 is 0 Å². The van der Waals surface area contributed by atoms with Gasteiger partial charge in [-0.25, -0.2) is 8.42 Å². The van der Waals surface area contributed by atoms with Gasteiger partial charge in [-0.1, -0.05) is 0 Å². The van der Waals surface area contributed by atoms with Gasteiger partial charge in [0, 0.05) is 5.56 Å². The second kappa shape index (κ2) is 5.99. The maximum atomic E-state index is 11.6. The molecule has 1 aliphatic rings. The molecule has 0 amide bonds. The Bertz CT molecular complexity index is 574. The summed E-state index contributed by atoms with van der Waals surface area (Å²) in [5.41, 5.74) is 3.54. The molecule has 1 heterocycles. The number of methoxy groups -OCH3 is 2. The van der Waals surface area contributed by atoms with Crippen LogP contribution in [0.25, 0.3) is 0 Å². The van der Waals surface area contributed by atoms with Crippen molar-refractivity contribution in [3.05, 3.63) is 23.8 Å². The van der Waals surface area contributed by atoms with E-state index >= 15 is 0 Å². The molecule has 0 radical (unpaired) electrons. The normalized spacial score (nSPS) is 22.4. The standard InChI is InChI=1S/C13H20N2O4S/c1-18-10-3-4-12(19-2)11(7-10)13(15-14)9-5-6-20(16,17)8-9/h3-4,7,9,13,15H,5-6,8,14H2,1-2H3. The summed E-state index contributed by atoms with van der Waals surface area (Å²) in [6.07, 6.45) is 0.595. The molecule has 0 spiro atoms. The topological polar surface area (TPSA) is 90.7 Å². The van der Waals surface area contributed by atoms with E-state index in [1.807, 2.05) is 6.07 Å². The fourth-order valence-electron chi connectivity index (χ4n) is 2.65. The molecule has 0 saturated carbocycles. The highest BCUT2D eigenvalue weighted by molar-refractivity contribution is 7.91. The summed E-state index contributed by atoms with van der Waals surface area (Å²) in [6, 6.07) is 5.13. The number of hydrogen-bond acceptors (Lipinski definition) is 6. The Hall–Kier alpha value is -1.31. The molecule has 20 heavy (non-hydrogen) atoms. The third-order valence-electron chi connectivity index (χ3n) is 3.69. The predicted octanol–water partition coefficient (Wildman–Crippen LogP) is 0.643. The first-order valence-corrected chi connectivity index (χ1v) is 8.21. The molecule has 1 aromatic rings. The van der Waals surface area contributed by atoms with Crippen molar-refractivity contribution in [2.24, 2.45) is 11.8 Å². The van der Waals surface area contributed by atoms with E-state index in [1.165, 1.54) is 0 Å². The second-order valence-corrected chi connectivity index (χ2v) is 7.14. The molecule has 2 rings (SSSR count). The lowest BCUT2D eigenvalue weighted by Gasteiger charge is -2.24. The molecule has 112 valence electrons. The minimum Gasteiger partial charge on any atom is -0.497 e. The van der Waals surface area contributed by atoms with Gasteiger partial charge >= 0.3 is 0 Å². The Balaban J connectivity index is 2.36. The van der Waals surface area contributed by atoms with Crippen LogP contribution in [0, 0.1) is 5.92 Å². The van der Waals surface area contributed by atoms with Crippen LogP contribution in [0.1, 0.15) is 18.0 Å². The van der Waals surface area contributed by atoms with Crippen molar-refractivity contribution in [1.29, 1.82) is 0 Å². The predicted molar refractivity (Wildman–Crippen MR) is 76.4 cm³/mol. The van der Waals surface area contributed by atoms with Crippen LogP contribution in [0.2, 0.25) is 0 Å². The third-order valence-corrected chi connectivity index (χ3v) is 5.48. The summed E-state index contributed by atoms with van der Waals surface area (Å²) in [5.74, 6) is 7.28. The van der Waals surface area contributed by atoms with E-state index in [2.05, 4.69) is 5.43 Å². The molecule has 0 aliphatic carbocycles. The monoisotopic (exact) mass is 300 g/mol. The van der Waals surface area contributed by atoms with Crippen molar-refractivity contribution < 1.29 is 17.9 Å². The zero-order valence-corrected chi connectivity index (χ0v) is 12.4. The van der Waals surface area contributed by atoms with E-state index in [0.29, 0.717) is 17.9 Å². The summed E-state index contributed by atoms with van der Waals surface area (Å²) >= 11 is 0. The van der Waals surface area contributed by atoms with Gasteiger partial charge in [0.1, 0.15) is 11.5 Å². The van der Waals surface area contributed by atoms with Crippen LogP contribution in [0.5, 0.6) is 11.5 Å². The van der Waals surface area contributed by atoms with Crippen LogP contribution < -0.4 is 20.7 Å². The molecule has 1 fully saturated rings. The number of nitrogens with one attached hydrogen (secondary N) is 1. The van der Waals surface area contributed by atoms with Crippen molar-refractivity contribution in [1.82, 2.24) is 5.43 Å². The zero-order chi connectivity index (χ0) is 14.8. The van der Waals surface area contributed by atoms with Gasteiger partial charge < -0.3 is 9.47 Å². The van der Waals surface area contributed by atoms with Crippen LogP contribution in [-0.4, -0.2) is 34.1 Å². The second-order valence-electron chi connectivity index (χ2n) is 4.92. The zero-order valence-electron chi connectivity index (χ0n) is 11.6. The molecule has 0 bridgehead atoms. The number of ether oxygens (including phenoxy) is 2. The number of nitrogens with two attached hydrogens (primary N) is 1. The van der Waals surface area contributed by atoms with Gasteiger partial charge in [0.25, 0.3) is 0 Å². The molecule has 1 aromatic carbocycles. The van der Waals surface area contributed by atoms with Crippen LogP contribution in [0.15, 0.2) is 18.2 Å². The number of hydrazine groups is 1. The summed E-state index contributed by atoms with van der Waals surface area (Å²) in [6.45, 7) is 0. The molecular formula is C13H20N2O4S. The number of rotatable bonds is 5. The van der Waals surface area contributed by atoms with E-state index in [4.69, 9.17) is 15.3 Å². The maximum Gasteiger partial charge on any atom is 0.150 e. The highest BCUT2D eigenvalue weighted by Gasteiger charge is 2.35. The van der Waals surface area contributed by atoms with E-state index in [9.17, 15) is 8.42 Å². The molecule has 0 aromatic heterocycles. The van der Waals surface area contributed by atoms with Gasteiger partial charge in [-0.3, -0.25) is 11.3 Å². The Morgan fingerprint density at radius 1 is 1.35 bits per heavy atom. The first-order chi connectivity index (χ1) is 9.50. The molecular weight excluding hydrogens is 280 g/mol. The average Bonchev–Trinajstić information content (AvgIpc) is 2.79. The SMILES string of the molecule is COc1ccc(OC)c(C(NN)C2CCS(=O)(=O)C2)c1. The quantitative estimate of drug-likeness (QED) is 0.613. The van der Waals surface area contributed by atoms with Gasteiger partial charge in [-0.05, 0) is 30.5 Å².